The summed E-state index contributed by atoms with van der Waals surface area (Å²) in [6.45, 7) is 0. The van der Waals surface area contributed by atoms with Gasteiger partial charge < -0.3 is 4.90 Å². The van der Waals surface area contributed by atoms with Crippen molar-refractivity contribution < 1.29 is 0 Å². The lowest BCUT2D eigenvalue weighted by atomic mass is 10.6. The predicted octanol–water partition coefficient (Wildman–Crippen LogP) is 1.95. The first kappa shape index (κ1) is 7.82. The Bertz CT molecular complexity index is 209. The number of aromatic nitrogens is 1. The number of nitrogens with zero attached hydrogens (tertiary/aromatic N) is 2. The van der Waals surface area contributed by atoms with Crippen LogP contribution >= 0.6 is 22.9 Å². The Morgan fingerprint density at radius 3 is 2.70 bits per heavy atom. The van der Waals surface area contributed by atoms with Crippen LogP contribution in [0.3, 0.4) is 0 Å². The van der Waals surface area contributed by atoms with Gasteiger partial charge in [0.15, 0.2) is 5.13 Å². The molecule has 10 heavy (non-hydrogen) atoms. The van der Waals surface area contributed by atoms with Crippen LogP contribution in [0.4, 0.5) is 5.13 Å². The highest BCUT2D eigenvalue weighted by molar-refractivity contribution is 7.15. The highest BCUT2D eigenvalue weighted by Gasteiger charge is 2.00. The standard InChI is InChI=1S/C6H9ClN2S/c1-9(2)6-8-4-5(3-7)10-6/h4H,3H2,1-2H3. The number of thiazole rings is 1. The van der Waals surface area contributed by atoms with Gasteiger partial charge in [0.25, 0.3) is 0 Å². The topological polar surface area (TPSA) is 16.1 Å². The molecule has 0 aliphatic heterocycles. The number of rotatable bonds is 2. The highest BCUT2D eigenvalue weighted by Crippen LogP contribution is 2.21. The Hall–Kier alpha value is -0.280. The number of hydrogen-bond donors (Lipinski definition) is 0. The Morgan fingerprint density at radius 1 is 1.70 bits per heavy atom. The van der Waals surface area contributed by atoms with Gasteiger partial charge in [0.05, 0.1) is 5.88 Å². The summed E-state index contributed by atoms with van der Waals surface area (Å²) < 4.78 is 0. The van der Waals surface area contributed by atoms with E-state index in [0.717, 1.165) is 10.0 Å². The van der Waals surface area contributed by atoms with E-state index in [1.807, 2.05) is 25.2 Å². The number of halogens is 1. The Balaban J connectivity index is 2.78. The summed E-state index contributed by atoms with van der Waals surface area (Å²) in [4.78, 5) is 7.24. The second-order valence-electron chi connectivity index (χ2n) is 2.14. The van der Waals surface area contributed by atoms with Crippen molar-refractivity contribution in [3.8, 4) is 0 Å². The third-order valence-corrected chi connectivity index (χ3v) is 2.67. The molecule has 0 N–H and O–H groups in total. The summed E-state index contributed by atoms with van der Waals surface area (Å²) in [6, 6.07) is 0. The number of hydrogen-bond acceptors (Lipinski definition) is 3. The summed E-state index contributed by atoms with van der Waals surface area (Å²) in [7, 11) is 3.94. The molecular weight excluding hydrogens is 168 g/mol. The third kappa shape index (κ3) is 1.61. The second-order valence-corrected chi connectivity index (χ2v) is 3.50. The van der Waals surface area contributed by atoms with Gasteiger partial charge in [0.2, 0.25) is 0 Å². The molecule has 0 fully saturated rings. The summed E-state index contributed by atoms with van der Waals surface area (Å²) >= 11 is 7.22. The Labute approximate surface area is 69.4 Å². The van der Waals surface area contributed by atoms with Crippen molar-refractivity contribution >= 4 is 28.1 Å². The van der Waals surface area contributed by atoms with Crippen molar-refractivity contribution in [3.63, 3.8) is 0 Å². The molecule has 0 saturated heterocycles. The van der Waals surface area contributed by atoms with E-state index in [4.69, 9.17) is 11.6 Å². The molecule has 0 bridgehead atoms. The van der Waals surface area contributed by atoms with Crippen LogP contribution in [0.25, 0.3) is 0 Å². The van der Waals surface area contributed by atoms with Crippen molar-refractivity contribution in [1.29, 1.82) is 0 Å². The van der Waals surface area contributed by atoms with E-state index in [1.54, 1.807) is 11.3 Å². The van der Waals surface area contributed by atoms with Gasteiger partial charge in [-0.1, -0.05) is 0 Å². The molecule has 1 aromatic rings. The minimum absolute atomic E-state index is 0.561. The van der Waals surface area contributed by atoms with E-state index in [2.05, 4.69) is 4.98 Å². The summed E-state index contributed by atoms with van der Waals surface area (Å²) in [5.41, 5.74) is 0. The quantitative estimate of drug-likeness (QED) is 0.641. The maximum absolute atomic E-state index is 5.60. The van der Waals surface area contributed by atoms with Gasteiger partial charge in [-0.25, -0.2) is 4.98 Å². The molecule has 4 heteroatoms. The molecule has 0 aliphatic carbocycles. The van der Waals surface area contributed by atoms with E-state index in [0.29, 0.717) is 5.88 Å². The van der Waals surface area contributed by atoms with Crippen LogP contribution in [0, 0.1) is 0 Å². The van der Waals surface area contributed by atoms with Crippen molar-refractivity contribution in [3.05, 3.63) is 11.1 Å². The van der Waals surface area contributed by atoms with Crippen LogP contribution in [0.5, 0.6) is 0 Å². The smallest absolute Gasteiger partial charge is 0.185 e. The fourth-order valence-electron chi connectivity index (χ4n) is 0.566. The lowest BCUT2D eigenvalue weighted by Gasteiger charge is -2.04. The molecule has 1 rings (SSSR count). The molecule has 0 radical (unpaired) electrons. The van der Waals surface area contributed by atoms with Gasteiger partial charge >= 0.3 is 0 Å². The van der Waals surface area contributed by atoms with Gasteiger partial charge in [0.1, 0.15) is 0 Å². The molecule has 0 aliphatic rings. The Kier molecular flexibility index (Phi) is 2.51. The zero-order valence-electron chi connectivity index (χ0n) is 5.97. The maximum Gasteiger partial charge on any atom is 0.185 e. The van der Waals surface area contributed by atoms with Crippen molar-refractivity contribution in [2.75, 3.05) is 19.0 Å². The fraction of sp³-hybridized carbons (Fsp3) is 0.500. The van der Waals surface area contributed by atoms with Gasteiger partial charge in [-0.15, -0.1) is 22.9 Å². The van der Waals surface area contributed by atoms with E-state index in [1.165, 1.54) is 0 Å². The highest BCUT2D eigenvalue weighted by atomic mass is 35.5. The van der Waals surface area contributed by atoms with Crippen LogP contribution in [0.2, 0.25) is 0 Å². The van der Waals surface area contributed by atoms with Crippen LogP contribution in [-0.2, 0) is 5.88 Å². The summed E-state index contributed by atoms with van der Waals surface area (Å²) in [6.07, 6.45) is 1.81. The molecule has 1 aromatic heterocycles. The average Bonchev–Trinajstić information content (AvgIpc) is 2.34. The first-order chi connectivity index (χ1) is 4.74. The van der Waals surface area contributed by atoms with E-state index in [-0.39, 0.29) is 0 Å². The molecule has 0 atom stereocenters. The first-order valence-electron chi connectivity index (χ1n) is 2.92. The van der Waals surface area contributed by atoms with E-state index in [9.17, 15) is 0 Å². The van der Waals surface area contributed by atoms with Gasteiger partial charge in [-0.2, -0.15) is 0 Å². The minimum Gasteiger partial charge on any atom is -0.354 e. The zero-order chi connectivity index (χ0) is 7.56. The SMILES string of the molecule is CN(C)c1ncc(CCl)s1. The molecule has 0 unspecified atom stereocenters. The second kappa shape index (κ2) is 3.21. The van der Waals surface area contributed by atoms with Crippen LogP contribution in [0.1, 0.15) is 4.88 Å². The number of anilines is 1. The molecule has 56 valence electrons. The molecule has 0 aromatic carbocycles. The van der Waals surface area contributed by atoms with Crippen LogP contribution < -0.4 is 4.90 Å². The van der Waals surface area contributed by atoms with Gasteiger partial charge in [-0.05, 0) is 0 Å². The predicted molar refractivity (Wildman–Crippen MR) is 46.0 cm³/mol. The third-order valence-electron chi connectivity index (χ3n) is 1.06. The van der Waals surface area contributed by atoms with Crippen LogP contribution in [-0.4, -0.2) is 19.1 Å². The Morgan fingerprint density at radius 2 is 2.40 bits per heavy atom. The lowest BCUT2D eigenvalue weighted by Crippen LogP contribution is -2.07. The van der Waals surface area contributed by atoms with Crippen molar-refractivity contribution in [2.24, 2.45) is 0 Å². The van der Waals surface area contributed by atoms with Crippen molar-refractivity contribution in [1.82, 2.24) is 4.98 Å². The molecule has 0 spiro atoms. The maximum atomic E-state index is 5.60. The molecular formula is C6H9ClN2S. The van der Waals surface area contributed by atoms with Crippen molar-refractivity contribution in [2.45, 2.75) is 5.88 Å². The average molecular weight is 177 g/mol. The summed E-state index contributed by atoms with van der Waals surface area (Å²) in [5.74, 6) is 0.561. The van der Waals surface area contributed by atoms with E-state index >= 15 is 0 Å². The monoisotopic (exact) mass is 176 g/mol. The fourth-order valence-corrected chi connectivity index (χ4v) is 1.48. The molecule has 1 heterocycles. The van der Waals surface area contributed by atoms with Crippen LogP contribution in [0.15, 0.2) is 6.20 Å². The number of alkyl halides is 1. The van der Waals surface area contributed by atoms with Gasteiger partial charge in [0, 0.05) is 25.2 Å². The first-order valence-corrected chi connectivity index (χ1v) is 4.27. The minimum atomic E-state index is 0.561. The zero-order valence-corrected chi connectivity index (χ0v) is 7.54. The normalized spacial score (nSPS) is 9.90. The molecule has 2 nitrogen and oxygen atoms in total. The lowest BCUT2D eigenvalue weighted by molar-refractivity contribution is 1.10. The van der Waals surface area contributed by atoms with E-state index < -0.39 is 0 Å². The van der Waals surface area contributed by atoms with Gasteiger partial charge in [-0.3, -0.25) is 0 Å². The summed E-state index contributed by atoms with van der Waals surface area (Å²) in [5, 5.41) is 1.01. The molecule has 0 amide bonds. The largest absolute Gasteiger partial charge is 0.354 e. The molecule has 0 saturated carbocycles.